The number of nitrogens with zero attached hydrogens (tertiary/aromatic N) is 1. The summed E-state index contributed by atoms with van der Waals surface area (Å²) in [6.07, 6.45) is 3.04. The maximum atomic E-state index is 12.3. The van der Waals surface area contributed by atoms with Crippen LogP contribution >= 0.6 is 23.2 Å². The van der Waals surface area contributed by atoms with Gasteiger partial charge in [-0.1, -0.05) is 41.4 Å². The Morgan fingerprint density at radius 2 is 1.80 bits per heavy atom. The molecule has 174 valence electrons. The minimum atomic E-state index is -0.231. The number of aryl methyl sites for hydroxylation is 1. The van der Waals surface area contributed by atoms with Crippen molar-refractivity contribution < 1.29 is 13.6 Å². The second-order valence-electron chi connectivity index (χ2n) is 8.06. The van der Waals surface area contributed by atoms with E-state index >= 15 is 0 Å². The summed E-state index contributed by atoms with van der Waals surface area (Å²) in [7, 11) is 0. The van der Waals surface area contributed by atoms with Gasteiger partial charge in [0.05, 0.1) is 5.02 Å². The normalized spacial score (nSPS) is 11.4. The number of carbonyl (C=O) groups is 1. The van der Waals surface area contributed by atoms with Gasteiger partial charge in [0, 0.05) is 28.8 Å². The predicted molar refractivity (Wildman–Crippen MR) is 139 cm³/mol. The minimum Gasteiger partial charge on any atom is -0.457 e. The highest BCUT2D eigenvalue weighted by Crippen LogP contribution is 2.31. The molecule has 0 unspecified atom stereocenters. The Morgan fingerprint density at radius 1 is 0.971 bits per heavy atom. The number of nitrogens with one attached hydrogen (secondary N) is 1. The number of hydrogen-bond acceptors (Lipinski definition) is 4. The number of rotatable bonds is 6. The molecule has 0 aliphatic carbocycles. The third-order valence-electron chi connectivity index (χ3n) is 5.43. The molecule has 0 fully saturated rings. The quantitative estimate of drug-likeness (QED) is 0.241. The van der Waals surface area contributed by atoms with E-state index in [2.05, 4.69) is 10.3 Å². The molecule has 0 saturated heterocycles. The summed E-state index contributed by atoms with van der Waals surface area (Å²) < 4.78 is 11.7. The zero-order chi connectivity index (χ0) is 24.4. The Hall–Kier alpha value is -3.80. The lowest BCUT2D eigenvalue weighted by Gasteiger charge is -2.03. The van der Waals surface area contributed by atoms with Gasteiger partial charge in [-0.25, -0.2) is 4.98 Å². The van der Waals surface area contributed by atoms with Crippen molar-refractivity contribution in [1.82, 2.24) is 10.3 Å². The molecule has 1 amide bonds. The Morgan fingerprint density at radius 3 is 2.60 bits per heavy atom. The van der Waals surface area contributed by atoms with Gasteiger partial charge in [0.15, 0.2) is 5.58 Å². The van der Waals surface area contributed by atoms with Crippen molar-refractivity contribution in [3.05, 3.63) is 106 Å². The highest BCUT2D eigenvalue weighted by atomic mass is 35.5. The van der Waals surface area contributed by atoms with Crippen LogP contribution in [0.25, 0.3) is 40.0 Å². The van der Waals surface area contributed by atoms with Crippen molar-refractivity contribution in [1.29, 1.82) is 0 Å². The van der Waals surface area contributed by atoms with Gasteiger partial charge in [0.25, 0.3) is 0 Å². The number of fused-ring (bicyclic) bond motifs is 1. The Bertz CT molecular complexity index is 1550. The van der Waals surface area contributed by atoms with Crippen molar-refractivity contribution in [3.8, 4) is 22.8 Å². The molecule has 0 aliphatic rings. The van der Waals surface area contributed by atoms with E-state index in [4.69, 9.17) is 32.0 Å². The molecule has 2 aromatic heterocycles. The summed E-state index contributed by atoms with van der Waals surface area (Å²) in [4.78, 5) is 16.8. The molecule has 0 saturated carbocycles. The van der Waals surface area contributed by atoms with Crippen LogP contribution in [0.3, 0.4) is 0 Å². The van der Waals surface area contributed by atoms with Crippen LogP contribution in [0.4, 0.5) is 0 Å². The number of oxazole rings is 1. The number of aromatic nitrogens is 1. The summed E-state index contributed by atoms with van der Waals surface area (Å²) in [6, 6.07) is 22.4. The molecule has 5 nitrogen and oxygen atoms in total. The fourth-order valence-corrected chi connectivity index (χ4v) is 4.10. The first kappa shape index (κ1) is 23.0. The molecule has 35 heavy (non-hydrogen) atoms. The maximum absolute atomic E-state index is 12.3. The second-order valence-corrected chi connectivity index (χ2v) is 8.91. The molecule has 5 aromatic rings. The van der Waals surface area contributed by atoms with E-state index in [-0.39, 0.29) is 5.91 Å². The third kappa shape index (κ3) is 5.32. The van der Waals surface area contributed by atoms with E-state index in [9.17, 15) is 4.79 Å². The van der Waals surface area contributed by atoms with Crippen LogP contribution in [-0.2, 0) is 11.3 Å². The van der Waals surface area contributed by atoms with Crippen LogP contribution in [0, 0.1) is 6.92 Å². The molecule has 0 radical (unpaired) electrons. The van der Waals surface area contributed by atoms with Crippen molar-refractivity contribution in [3.63, 3.8) is 0 Å². The molecule has 2 heterocycles. The van der Waals surface area contributed by atoms with Crippen molar-refractivity contribution in [2.24, 2.45) is 0 Å². The smallest absolute Gasteiger partial charge is 0.244 e. The summed E-state index contributed by atoms with van der Waals surface area (Å²) in [5.41, 5.74) is 5.29. The lowest BCUT2D eigenvalue weighted by atomic mass is 10.1. The highest BCUT2D eigenvalue weighted by molar-refractivity contribution is 6.36. The number of amides is 1. The molecular formula is C28H20Cl2N2O3. The van der Waals surface area contributed by atoms with Crippen LogP contribution in [0.2, 0.25) is 10.0 Å². The van der Waals surface area contributed by atoms with Crippen LogP contribution in [0.1, 0.15) is 16.9 Å². The number of furan rings is 1. The van der Waals surface area contributed by atoms with E-state index in [0.717, 1.165) is 33.4 Å². The largest absolute Gasteiger partial charge is 0.457 e. The van der Waals surface area contributed by atoms with Crippen LogP contribution in [0.5, 0.6) is 0 Å². The lowest BCUT2D eigenvalue weighted by Crippen LogP contribution is -2.20. The molecule has 0 spiro atoms. The van der Waals surface area contributed by atoms with Gasteiger partial charge in [-0.15, -0.1) is 0 Å². The number of hydrogen-bond donors (Lipinski definition) is 1. The highest BCUT2D eigenvalue weighted by Gasteiger charge is 2.10. The predicted octanol–water partition coefficient (Wildman–Crippen LogP) is 7.70. The number of halogens is 2. The standard InChI is InChI=1S/C28H20Cl2N2O3/c1-17-2-11-24-26(14-17)35-28(32-24)19-5-3-18(4-6-19)16-31-27(33)13-9-21-8-12-25(34-21)22-10-7-20(29)15-23(22)30/h2-15H,16H2,1H3,(H,31,33)/b13-9+. The molecule has 0 atom stereocenters. The van der Waals surface area contributed by atoms with Gasteiger partial charge in [0.1, 0.15) is 17.0 Å². The van der Waals surface area contributed by atoms with E-state index in [1.54, 1.807) is 36.4 Å². The first-order valence-electron chi connectivity index (χ1n) is 10.9. The molecular weight excluding hydrogens is 483 g/mol. The fourth-order valence-electron chi connectivity index (χ4n) is 3.60. The summed E-state index contributed by atoms with van der Waals surface area (Å²) in [5, 5.41) is 3.92. The first-order valence-corrected chi connectivity index (χ1v) is 11.7. The first-order chi connectivity index (χ1) is 16.9. The molecule has 1 N–H and O–H groups in total. The summed E-state index contributed by atoms with van der Waals surface area (Å²) in [5.74, 6) is 1.48. The maximum Gasteiger partial charge on any atom is 0.244 e. The fraction of sp³-hybridized carbons (Fsp3) is 0.0714. The van der Waals surface area contributed by atoms with Crippen molar-refractivity contribution in [2.45, 2.75) is 13.5 Å². The van der Waals surface area contributed by atoms with E-state index < -0.39 is 0 Å². The molecule has 3 aromatic carbocycles. The Balaban J connectivity index is 1.18. The summed E-state index contributed by atoms with van der Waals surface area (Å²) >= 11 is 12.2. The van der Waals surface area contributed by atoms with Gasteiger partial charge in [-0.2, -0.15) is 0 Å². The summed E-state index contributed by atoms with van der Waals surface area (Å²) in [6.45, 7) is 2.41. The van der Waals surface area contributed by atoms with Crippen molar-refractivity contribution >= 4 is 46.3 Å². The van der Waals surface area contributed by atoms with E-state index in [1.165, 1.54) is 6.08 Å². The average molecular weight is 503 g/mol. The van der Waals surface area contributed by atoms with Crippen LogP contribution < -0.4 is 5.32 Å². The Labute approximate surface area is 212 Å². The molecule has 0 aliphatic heterocycles. The minimum absolute atomic E-state index is 0.231. The Kier molecular flexibility index (Phi) is 6.45. The van der Waals surface area contributed by atoms with E-state index in [1.807, 2.05) is 49.4 Å². The number of benzene rings is 3. The van der Waals surface area contributed by atoms with E-state index in [0.29, 0.717) is 34.0 Å². The topological polar surface area (TPSA) is 68.3 Å². The van der Waals surface area contributed by atoms with Gasteiger partial charge >= 0.3 is 0 Å². The second kappa shape index (κ2) is 9.82. The molecule has 7 heteroatoms. The zero-order valence-corrected chi connectivity index (χ0v) is 20.2. The molecule has 5 rings (SSSR count). The van der Waals surface area contributed by atoms with Gasteiger partial charge < -0.3 is 14.2 Å². The van der Waals surface area contributed by atoms with Crippen molar-refractivity contribution in [2.75, 3.05) is 0 Å². The average Bonchev–Trinajstić information content (AvgIpc) is 3.48. The van der Waals surface area contributed by atoms with Gasteiger partial charge in [0.2, 0.25) is 11.8 Å². The lowest BCUT2D eigenvalue weighted by molar-refractivity contribution is -0.116. The molecule has 0 bridgehead atoms. The zero-order valence-electron chi connectivity index (χ0n) is 18.7. The van der Waals surface area contributed by atoms with Crippen LogP contribution in [-0.4, -0.2) is 10.9 Å². The number of carbonyl (C=O) groups excluding carboxylic acids is 1. The van der Waals surface area contributed by atoms with Gasteiger partial charge in [-0.05, 0) is 78.7 Å². The monoisotopic (exact) mass is 502 g/mol. The van der Waals surface area contributed by atoms with Gasteiger partial charge in [-0.3, -0.25) is 4.79 Å². The third-order valence-corrected chi connectivity index (χ3v) is 5.98. The SMILES string of the molecule is Cc1ccc2nc(-c3ccc(CNC(=O)/C=C/c4ccc(-c5ccc(Cl)cc5Cl)o4)cc3)oc2c1. The van der Waals surface area contributed by atoms with Crippen LogP contribution in [0.15, 0.2) is 87.7 Å².